The molecule has 2 N–H and O–H groups in total. The Morgan fingerprint density at radius 2 is 1.95 bits per heavy atom. The number of thiophene rings is 1. The minimum Gasteiger partial charge on any atom is -0.393 e. The third kappa shape index (κ3) is 4.78. The molecule has 0 fully saturated rings. The van der Waals surface area contributed by atoms with Crippen LogP contribution < -0.4 is 5.32 Å². The molecule has 1 aromatic heterocycles. The van der Waals surface area contributed by atoms with Gasteiger partial charge in [-0.2, -0.15) is 0 Å². The summed E-state index contributed by atoms with van der Waals surface area (Å²) in [6, 6.07) is 14.9. The largest absolute Gasteiger partial charge is 0.393 e. The number of rotatable bonds is 7. The van der Waals surface area contributed by atoms with Crippen LogP contribution in [0.3, 0.4) is 0 Å². The summed E-state index contributed by atoms with van der Waals surface area (Å²) in [5, 5.41) is 12.6. The van der Waals surface area contributed by atoms with Gasteiger partial charge in [0, 0.05) is 16.3 Å². The second-order valence-electron chi connectivity index (χ2n) is 4.80. The van der Waals surface area contributed by atoms with Crippen molar-refractivity contribution >= 4 is 11.3 Å². The Kier molecular flexibility index (Phi) is 5.58. The predicted octanol–water partition coefficient (Wildman–Crippen LogP) is 3.67. The van der Waals surface area contributed by atoms with Crippen molar-refractivity contribution in [1.29, 1.82) is 0 Å². The van der Waals surface area contributed by atoms with Gasteiger partial charge in [-0.15, -0.1) is 11.3 Å². The molecule has 0 amide bonds. The van der Waals surface area contributed by atoms with Crippen LogP contribution in [0.4, 0.5) is 0 Å². The molecule has 1 unspecified atom stereocenters. The highest BCUT2D eigenvalue weighted by Gasteiger charge is 2.02. The van der Waals surface area contributed by atoms with Gasteiger partial charge in [0.05, 0.1) is 6.10 Å². The Bertz CT molecular complexity index is 479. The minimum absolute atomic E-state index is 0.187. The lowest BCUT2D eigenvalue weighted by Gasteiger charge is -2.04. The van der Waals surface area contributed by atoms with Crippen molar-refractivity contribution in [1.82, 2.24) is 5.32 Å². The molecular weight excluding hydrogens is 254 g/mol. The molecule has 2 rings (SSSR count). The molecule has 2 nitrogen and oxygen atoms in total. The Morgan fingerprint density at radius 3 is 2.68 bits per heavy atom. The molecule has 0 saturated carbocycles. The van der Waals surface area contributed by atoms with Gasteiger partial charge in [0.2, 0.25) is 0 Å². The van der Waals surface area contributed by atoms with E-state index < -0.39 is 0 Å². The SMILES string of the molecule is CC(O)CCCNCc1ccc(-c2ccccc2)s1. The van der Waals surface area contributed by atoms with Gasteiger partial charge in [-0.05, 0) is 44.0 Å². The molecule has 0 aliphatic heterocycles. The monoisotopic (exact) mass is 275 g/mol. The maximum atomic E-state index is 9.17. The molecule has 1 heterocycles. The summed E-state index contributed by atoms with van der Waals surface area (Å²) in [7, 11) is 0. The number of nitrogens with one attached hydrogen (secondary N) is 1. The van der Waals surface area contributed by atoms with Crippen molar-refractivity contribution in [3.8, 4) is 10.4 Å². The average molecular weight is 275 g/mol. The molecule has 0 radical (unpaired) electrons. The summed E-state index contributed by atoms with van der Waals surface area (Å²) in [5.41, 5.74) is 1.29. The second-order valence-corrected chi connectivity index (χ2v) is 5.97. The van der Waals surface area contributed by atoms with Gasteiger partial charge >= 0.3 is 0 Å². The summed E-state index contributed by atoms with van der Waals surface area (Å²) in [6.07, 6.45) is 1.70. The second kappa shape index (κ2) is 7.43. The van der Waals surface area contributed by atoms with E-state index in [1.807, 2.05) is 24.3 Å². The lowest BCUT2D eigenvalue weighted by Crippen LogP contribution is -2.15. The van der Waals surface area contributed by atoms with E-state index in [1.54, 1.807) is 0 Å². The molecule has 19 heavy (non-hydrogen) atoms. The van der Waals surface area contributed by atoms with Crippen LogP contribution in [0.25, 0.3) is 10.4 Å². The first-order valence-corrected chi connectivity index (χ1v) is 7.60. The van der Waals surface area contributed by atoms with Gasteiger partial charge in [-0.1, -0.05) is 30.3 Å². The molecule has 0 spiro atoms. The molecular formula is C16H21NOS. The molecule has 0 saturated heterocycles. The van der Waals surface area contributed by atoms with E-state index in [1.165, 1.54) is 15.3 Å². The van der Waals surface area contributed by atoms with Gasteiger partial charge in [0.15, 0.2) is 0 Å². The zero-order chi connectivity index (χ0) is 13.5. The Labute approximate surface area is 119 Å². The van der Waals surface area contributed by atoms with E-state index >= 15 is 0 Å². The summed E-state index contributed by atoms with van der Waals surface area (Å²) in [4.78, 5) is 2.68. The molecule has 1 atom stereocenters. The summed E-state index contributed by atoms with van der Waals surface area (Å²) < 4.78 is 0. The number of aliphatic hydroxyl groups is 1. The summed E-state index contributed by atoms with van der Waals surface area (Å²) in [6.45, 7) is 3.71. The molecule has 2 aromatic rings. The molecule has 0 aliphatic carbocycles. The van der Waals surface area contributed by atoms with E-state index in [4.69, 9.17) is 0 Å². The number of aliphatic hydroxyl groups excluding tert-OH is 1. The molecule has 0 aliphatic rings. The first-order chi connectivity index (χ1) is 9.25. The van der Waals surface area contributed by atoms with Crippen LogP contribution >= 0.6 is 11.3 Å². The van der Waals surface area contributed by atoms with Crippen molar-refractivity contribution < 1.29 is 5.11 Å². The topological polar surface area (TPSA) is 32.3 Å². The van der Waals surface area contributed by atoms with E-state index in [0.29, 0.717) is 0 Å². The highest BCUT2D eigenvalue weighted by Crippen LogP contribution is 2.27. The van der Waals surface area contributed by atoms with E-state index in [0.717, 1.165) is 25.9 Å². The van der Waals surface area contributed by atoms with Crippen LogP contribution in [0.5, 0.6) is 0 Å². The quantitative estimate of drug-likeness (QED) is 0.756. The first kappa shape index (κ1) is 14.3. The van der Waals surface area contributed by atoms with Crippen LogP contribution in [0.2, 0.25) is 0 Å². The lowest BCUT2D eigenvalue weighted by molar-refractivity contribution is 0.181. The third-order valence-corrected chi connectivity index (χ3v) is 4.13. The lowest BCUT2D eigenvalue weighted by atomic mass is 10.2. The summed E-state index contributed by atoms with van der Waals surface area (Å²) in [5.74, 6) is 0. The van der Waals surface area contributed by atoms with Crippen LogP contribution in [-0.2, 0) is 6.54 Å². The highest BCUT2D eigenvalue weighted by atomic mass is 32.1. The normalized spacial score (nSPS) is 12.5. The van der Waals surface area contributed by atoms with Gasteiger partial charge in [0.1, 0.15) is 0 Å². The highest BCUT2D eigenvalue weighted by molar-refractivity contribution is 7.15. The third-order valence-electron chi connectivity index (χ3n) is 2.99. The van der Waals surface area contributed by atoms with Crippen molar-refractivity contribution in [2.24, 2.45) is 0 Å². The number of hydrogen-bond acceptors (Lipinski definition) is 3. The average Bonchev–Trinajstić information content (AvgIpc) is 2.88. The van der Waals surface area contributed by atoms with Gasteiger partial charge < -0.3 is 10.4 Å². The minimum atomic E-state index is -0.187. The van der Waals surface area contributed by atoms with Crippen LogP contribution in [-0.4, -0.2) is 17.8 Å². The van der Waals surface area contributed by atoms with Crippen LogP contribution in [0, 0.1) is 0 Å². The maximum absolute atomic E-state index is 9.17. The Hall–Kier alpha value is -1.16. The zero-order valence-electron chi connectivity index (χ0n) is 11.3. The van der Waals surface area contributed by atoms with Crippen LogP contribution in [0.1, 0.15) is 24.6 Å². The smallest absolute Gasteiger partial charge is 0.0512 e. The zero-order valence-corrected chi connectivity index (χ0v) is 12.1. The van der Waals surface area contributed by atoms with Gasteiger partial charge in [-0.3, -0.25) is 0 Å². The summed E-state index contributed by atoms with van der Waals surface area (Å²) >= 11 is 1.84. The fourth-order valence-electron chi connectivity index (χ4n) is 1.96. The van der Waals surface area contributed by atoms with Crippen molar-refractivity contribution in [3.63, 3.8) is 0 Å². The number of hydrogen-bond donors (Lipinski definition) is 2. The molecule has 102 valence electrons. The molecule has 3 heteroatoms. The maximum Gasteiger partial charge on any atom is 0.0512 e. The Morgan fingerprint density at radius 1 is 1.16 bits per heavy atom. The van der Waals surface area contributed by atoms with E-state index in [2.05, 4.69) is 41.7 Å². The van der Waals surface area contributed by atoms with Gasteiger partial charge in [-0.25, -0.2) is 0 Å². The fraction of sp³-hybridized carbons (Fsp3) is 0.375. The van der Waals surface area contributed by atoms with E-state index in [9.17, 15) is 5.11 Å². The van der Waals surface area contributed by atoms with E-state index in [-0.39, 0.29) is 6.10 Å². The predicted molar refractivity (Wildman–Crippen MR) is 82.4 cm³/mol. The Balaban J connectivity index is 1.78. The fourth-order valence-corrected chi connectivity index (χ4v) is 2.95. The van der Waals surface area contributed by atoms with Crippen molar-refractivity contribution in [3.05, 3.63) is 47.3 Å². The van der Waals surface area contributed by atoms with Crippen LogP contribution in [0.15, 0.2) is 42.5 Å². The van der Waals surface area contributed by atoms with Crippen molar-refractivity contribution in [2.75, 3.05) is 6.54 Å². The molecule has 1 aromatic carbocycles. The van der Waals surface area contributed by atoms with Gasteiger partial charge in [0.25, 0.3) is 0 Å². The standard InChI is InChI=1S/C16H21NOS/c1-13(18)6-5-11-17-12-15-9-10-16(19-15)14-7-3-2-4-8-14/h2-4,7-10,13,17-18H,5-6,11-12H2,1H3. The number of benzene rings is 1. The van der Waals surface area contributed by atoms with Crippen molar-refractivity contribution in [2.45, 2.75) is 32.4 Å². The first-order valence-electron chi connectivity index (χ1n) is 6.78. The molecule has 0 bridgehead atoms.